The molecule has 0 heterocycles. The fraction of sp³-hybridized carbons (Fsp3) is 0.300. The highest BCUT2D eigenvalue weighted by Crippen LogP contribution is 2.30. The van der Waals surface area contributed by atoms with E-state index in [0.29, 0.717) is 0 Å². The van der Waals surface area contributed by atoms with Gasteiger partial charge in [-0.15, -0.1) is 0 Å². The third kappa shape index (κ3) is 4.29. The van der Waals surface area contributed by atoms with Crippen LogP contribution >= 0.6 is 34.8 Å². The second-order valence-electron chi connectivity index (χ2n) is 3.00. The number of esters is 1. The zero-order valence-electron chi connectivity index (χ0n) is 7.91. The van der Waals surface area contributed by atoms with Gasteiger partial charge in [0.2, 0.25) is 0 Å². The largest absolute Gasteiger partial charge is 0.414 e. The maximum Gasteiger partial charge on any atom is 0.340 e. The normalized spacial score (nSPS) is 13.3. The van der Waals surface area contributed by atoms with Crippen molar-refractivity contribution in [2.45, 2.75) is 16.8 Å². The van der Waals surface area contributed by atoms with Crippen molar-refractivity contribution in [3.8, 4) is 0 Å². The smallest absolute Gasteiger partial charge is 0.340 e. The first kappa shape index (κ1) is 12.6. The van der Waals surface area contributed by atoms with Gasteiger partial charge in [0, 0.05) is 0 Å². The summed E-state index contributed by atoms with van der Waals surface area (Å²) in [6, 6.07) is 9.13. The SMILES string of the molecule is CC(C(=O)OC(Cl)(Cl)Cl)c1ccccc1. The van der Waals surface area contributed by atoms with Gasteiger partial charge in [-0.2, -0.15) is 0 Å². The molecule has 0 fully saturated rings. The minimum atomic E-state index is -2.00. The van der Waals surface area contributed by atoms with Crippen molar-refractivity contribution in [3.05, 3.63) is 35.9 Å². The molecule has 0 amide bonds. The quantitative estimate of drug-likeness (QED) is 0.604. The number of benzene rings is 1. The van der Waals surface area contributed by atoms with Crippen LogP contribution < -0.4 is 0 Å². The van der Waals surface area contributed by atoms with E-state index < -0.39 is 15.9 Å². The minimum absolute atomic E-state index is 0.457. The molecule has 15 heavy (non-hydrogen) atoms. The number of ether oxygens (including phenoxy) is 1. The molecule has 0 aliphatic carbocycles. The van der Waals surface area contributed by atoms with E-state index in [4.69, 9.17) is 34.8 Å². The molecule has 0 aliphatic heterocycles. The summed E-state index contributed by atoms with van der Waals surface area (Å²) in [5.74, 6) is -1.02. The van der Waals surface area contributed by atoms with E-state index in [9.17, 15) is 4.79 Å². The number of carbonyl (C=O) groups is 1. The topological polar surface area (TPSA) is 26.3 Å². The van der Waals surface area contributed by atoms with Crippen molar-refractivity contribution < 1.29 is 9.53 Å². The maximum atomic E-state index is 11.5. The zero-order chi connectivity index (χ0) is 11.5. The van der Waals surface area contributed by atoms with E-state index in [1.165, 1.54) is 0 Å². The van der Waals surface area contributed by atoms with E-state index >= 15 is 0 Å². The third-order valence-corrected chi connectivity index (χ3v) is 2.10. The van der Waals surface area contributed by atoms with Crippen molar-refractivity contribution >= 4 is 40.8 Å². The highest BCUT2D eigenvalue weighted by molar-refractivity contribution is 6.66. The molecule has 0 spiro atoms. The van der Waals surface area contributed by atoms with Crippen molar-refractivity contribution in [1.29, 1.82) is 0 Å². The van der Waals surface area contributed by atoms with Gasteiger partial charge in [-0.1, -0.05) is 30.3 Å². The number of halogens is 3. The number of hydrogen-bond acceptors (Lipinski definition) is 2. The lowest BCUT2D eigenvalue weighted by molar-refractivity contribution is -0.145. The number of carbonyl (C=O) groups excluding carboxylic acids is 1. The Morgan fingerprint density at radius 3 is 2.27 bits per heavy atom. The molecule has 0 N–H and O–H groups in total. The predicted octanol–water partition coefficient (Wildman–Crippen LogP) is 3.66. The maximum absolute atomic E-state index is 11.5. The van der Waals surface area contributed by atoms with Crippen LogP contribution in [0.5, 0.6) is 0 Å². The minimum Gasteiger partial charge on any atom is -0.414 e. The summed E-state index contributed by atoms with van der Waals surface area (Å²) in [5.41, 5.74) is 0.816. The van der Waals surface area contributed by atoms with Gasteiger partial charge in [0.25, 0.3) is 0 Å². The Morgan fingerprint density at radius 1 is 1.27 bits per heavy atom. The van der Waals surface area contributed by atoms with Gasteiger partial charge in [0.05, 0.1) is 5.92 Å². The number of alkyl halides is 3. The summed E-state index contributed by atoms with van der Waals surface area (Å²) in [4.78, 5) is 11.5. The highest BCUT2D eigenvalue weighted by Gasteiger charge is 2.28. The molecule has 1 unspecified atom stereocenters. The van der Waals surface area contributed by atoms with Gasteiger partial charge in [-0.25, -0.2) is 0 Å². The van der Waals surface area contributed by atoms with Crippen LogP contribution in [0.25, 0.3) is 0 Å². The van der Waals surface area contributed by atoms with Gasteiger partial charge < -0.3 is 4.74 Å². The van der Waals surface area contributed by atoms with Crippen LogP contribution in [0.15, 0.2) is 30.3 Å². The Balaban J connectivity index is 2.70. The first-order chi connectivity index (χ1) is 6.90. The molecule has 1 aromatic rings. The summed E-state index contributed by atoms with van der Waals surface area (Å²) in [5, 5.41) is 0. The van der Waals surface area contributed by atoms with E-state index in [-0.39, 0.29) is 0 Å². The third-order valence-electron chi connectivity index (χ3n) is 1.87. The van der Waals surface area contributed by atoms with E-state index in [1.807, 2.05) is 30.3 Å². The molecular weight excluding hydrogens is 258 g/mol. The Hall–Kier alpha value is -0.440. The Labute approximate surface area is 103 Å². The average molecular weight is 268 g/mol. The Morgan fingerprint density at radius 2 is 1.80 bits per heavy atom. The molecule has 0 bridgehead atoms. The molecule has 5 heteroatoms. The van der Waals surface area contributed by atoms with Gasteiger partial charge in [-0.05, 0) is 47.3 Å². The molecule has 0 radical (unpaired) electrons. The molecule has 82 valence electrons. The van der Waals surface area contributed by atoms with Crippen LogP contribution in [0.4, 0.5) is 0 Å². The average Bonchev–Trinajstić information content (AvgIpc) is 2.15. The molecule has 1 rings (SSSR count). The first-order valence-electron chi connectivity index (χ1n) is 4.24. The van der Waals surface area contributed by atoms with Crippen LogP contribution in [-0.2, 0) is 9.53 Å². The molecule has 0 aromatic heterocycles. The fourth-order valence-corrected chi connectivity index (χ4v) is 1.31. The van der Waals surface area contributed by atoms with Gasteiger partial charge in [0.1, 0.15) is 0 Å². The second-order valence-corrected chi connectivity index (χ2v) is 5.18. The van der Waals surface area contributed by atoms with Gasteiger partial charge >= 0.3 is 9.95 Å². The summed E-state index contributed by atoms with van der Waals surface area (Å²) < 4.78 is 2.61. The number of hydrogen-bond donors (Lipinski definition) is 0. The van der Waals surface area contributed by atoms with E-state index in [1.54, 1.807) is 6.92 Å². The van der Waals surface area contributed by atoms with Crippen molar-refractivity contribution in [2.24, 2.45) is 0 Å². The van der Waals surface area contributed by atoms with E-state index in [2.05, 4.69) is 4.74 Å². The molecular formula is C10H9Cl3O2. The summed E-state index contributed by atoms with van der Waals surface area (Å²) >= 11 is 16.0. The molecule has 1 aromatic carbocycles. The zero-order valence-corrected chi connectivity index (χ0v) is 10.2. The van der Waals surface area contributed by atoms with E-state index in [0.717, 1.165) is 5.56 Å². The number of rotatable bonds is 2. The lowest BCUT2D eigenvalue weighted by Crippen LogP contribution is -2.20. The summed E-state index contributed by atoms with van der Waals surface area (Å²) in [6.45, 7) is 1.69. The van der Waals surface area contributed by atoms with Crippen LogP contribution in [0.2, 0.25) is 0 Å². The van der Waals surface area contributed by atoms with Crippen LogP contribution in [-0.4, -0.2) is 9.95 Å². The van der Waals surface area contributed by atoms with Crippen molar-refractivity contribution in [2.75, 3.05) is 0 Å². The summed E-state index contributed by atoms with van der Waals surface area (Å²) in [7, 11) is 0. The second kappa shape index (κ2) is 5.06. The Kier molecular flexibility index (Phi) is 4.26. The first-order valence-corrected chi connectivity index (χ1v) is 5.38. The van der Waals surface area contributed by atoms with Crippen LogP contribution in [0.3, 0.4) is 0 Å². The molecule has 0 aliphatic rings. The standard InChI is InChI=1S/C10H9Cl3O2/c1-7(8-5-3-2-4-6-8)9(14)15-10(11,12)13/h2-7H,1H3. The molecule has 0 saturated heterocycles. The molecule has 2 nitrogen and oxygen atoms in total. The van der Waals surface area contributed by atoms with Crippen molar-refractivity contribution in [3.63, 3.8) is 0 Å². The lowest BCUT2D eigenvalue weighted by atomic mass is 10.0. The molecule has 0 saturated carbocycles. The van der Waals surface area contributed by atoms with Crippen LogP contribution in [0, 0.1) is 0 Å². The predicted molar refractivity (Wildman–Crippen MR) is 61.2 cm³/mol. The lowest BCUT2D eigenvalue weighted by Gasteiger charge is -2.16. The summed E-state index contributed by atoms with van der Waals surface area (Å²) in [6.07, 6.45) is 0. The van der Waals surface area contributed by atoms with Gasteiger partial charge in [0.15, 0.2) is 0 Å². The van der Waals surface area contributed by atoms with Crippen LogP contribution in [0.1, 0.15) is 18.4 Å². The molecule has 1 atom stereocenters. The highest BCUT2D eigenvalue weighted by atomic mass is 35.6. The van der Waals surface area contributed by atoms with Crippen molar-refractivity contribution in [1.82, 2.24) is 0 Å². The Bertz CT molecular complexity index is 332. The van der Waals surface area contributed by atoms with Gasteiger partial charge in [-0.3, -0.25) is 4.79 Å². The fourth-order valence-electron chi connectivity index (χ4n) is 1.08. The monoisotopic (exact) mass is 266 g/mol.